The number of nitrogens with zero attached hydrogens (tertiary/aromatic N) is 3. The highest BCUT2D eigenvalue weighted by Crippen LogP contribution is 2.19. The lowest BCUT2D eigenvalue weighted by Gasteiger charge is -2.09. The second-order valence-corrected chi connectivity index (χ2v) is 6.68. The van der Waals surface area contributed by atoms with Crippen LogP contribution < -0.4 is 10.1 Å². The molecule has 1 N–H and O–H groups in total. The van der Waals surface area contributed by atoms with E-state index in [1.807, 2.05) is 48.5 Å². The van der Waals surface area contributed by atoms with Crippen LogP contribution in [0.2, 0.25) is 0 Å². The monoisotopic (exact) mass is 394 g/mol. The standard InChI is InChI=1S/C22H26N4O3/c1-4-5-6-16-7-9-17(10-8-16)23-22(27)21-20(15-28-2)26(25-24-21)18-11-13-19(29-3)14-12-18/h7-14H,4-6,15H2,1-3H3,(H,23,27). The zero-order valence-electron chi connectivity index (χ0n) is 17.0. The molecule has 3 rings (SSSR count). The van der Waals surface area contributed by atoms with Crippen LogP contribution in [-0.4, -0.2) is 35.1 Å². The fourth-order valence-corrected chi connectivity index (χ4v) is 3.00. The molecule has 0 radical (unpaired) electrons. The van der Waals surface area contributed by atoms with Crippen molar-refractivity contribution in [3.8, 4) is 11.4 Å². The highest BCUT2D eigenvalue weighted by molar-refractivity contribution is 6.03. The van der Waals surface area contributed by atoms with Crippen molar-refractivity contribution in [2.75, 3.05) is 19.5 Å². The molecule has 7 nitrogen and oxygen atoms in total. The molecule has 152 valence electrons. The lowest BCUT2D eigenvalue weighted by atomic mass is 10.1. The molecule has 1 aromatic heterocycles. The Morgan fingerprint density at radius 1 is 1.07 bits per heavy atom. The van der Waals surface area contributed by atoms with Crippen molar-refractivity contribution in [3.05, 3.63) is 65.5 Å². The third-order valence-corrected chi connectivity index (χ3v) is 4.61. The van der Waals surface area contributed by atoms with Crippen LogP contribution in [0.25, 0.3) is 5.69 Å². The topological polar surface area (TPSA) is 78.3 Å². The minimum Gasteiger partial charge on any atom is -0.497 e. The van der Waals surface area contributed by atoms with Crippen molar-refractivity contribution in [2.45, 2.75) is 32.8 Å². The SMILES string of the molecule is CCCCc1ccc(NC(=O)c2nnn(-c3ccc(OC)cc3)c2COC)cc1. The lowest BCUT2D eigenvalue weighted by molar-refractivity contribution is 0.101. The summed E-state index contributed by atoms with van der Waals surface area (Å²) < 4.78 is 12.1. The summed E-state index contributed by atoms with van der Waals surface area (Å²) in [5, 5.41) is 11.1. The van der Waals surface area contributed by atoms with E-state index in [-0.39, 0.29) is 18.2 Å². The van der Waals surface area contributed by atoms with Crippen molar-refractivity contribution in [1.29, 1.82) is 0 Å². The Labute approximate surface area is 170 Å². The van der Waals surface area contributed by atoms with Gasteiger partial charge in [0.1, 0.15) is 11.4 Å². The zero-order chi connectivity index (χ0) is 20.6. The molecule has 0 saturated heterocycles. The van der Waals surface area contributed by atoms with E-state index in [1.165, 1.54) is 5.56 Å². The summed E-state index contributed by atoms with van der Waals surface area (Å²) >= 11 is 0. The Morgan fingerprint density at radius 3 is 2.41 bits per heavy atom. The van der Waals surface area contributed by atoms with Gasteiger partial charge in [0.2, 0.25) is 0 Å². The molecule has 7 heteroatoms. The number of rotatable bonds is 9. The van der Waals surface area contributed by atoms with Gasteiger partial charge in [-0.1, -0.05) is 30.7 Å². The molecule has 0 unspecified atom stereocenters. The molecule has 0 spiro atoms. The van der Waals surface area contributed by atoms with Crippen molar-refractivity contribution in [1.82, 2.24) is 15.0 Å². The van der Waals surface area contributed by atoms with Crippen LogP contribution in [0.1, 0.15) is 41.5 Å². The van der Waals surface area contributed by atoms with Gasteiger partial charge in [-0.25, -0.2) is 4.68 Å². The number of ether oxygens (including phenoxy) is 2. The maximum Gasteiger partial charge on any atom is 0.278 e. The molecule has 0 fully saturated rings. The van der Waals surface area contributed by atoms with Crippen molar-refractivity contribution in [3.63, 3.8) is 0 Å². The molecule has 0 aliphatic heterocycles. The first-order chi connectivity index (χ1) is 14.2. The Morgan fingerprint density at radius 2 is 1.79 bits per heavy atom. The predicted octanol–water partition coefficient (Wildman–Crippen LogP) is 4.02. The van der Waals surface area contributed by atoms with E-state index >= 15 is 0 Å². The molecule has 0 aliphatic rings. The molecule has 1 amide bonds. The van der Waals surface area contributed by atoms with E-state index in [9.17, 15) is 4.79 Å². The number of benzene rings is 2. The molecule has 0 atom stereocenters. The maximum atomic E-state index is 12.8. The Balaban J connectivity index is 1.80. The Kier molecular flexibility index (Phi) is 6.97. The van der Waals surface area contributed by atoms with Gasteiger partial charge in [0.05, 0.1) is 19.4 Å². The van der Waals surface area contributed by atoms with Gasteiger partial charge < -0.3 is 14.8 Å². The molecular weight excluding hydrogens is 368 g/mol. The highest BCUT2D eigenvalue weighted by atomic mass is 16.5. The normalized spacial score (nSPS) is 10.7. The molecule has 0 bridgehead atoms. The van der Waals surface area contributed by atoms with Gasteiger partial charge >= 0.3 is 0 Å². The fourth-order valence-electron chi connectivity index (χ4n) is 3.00. The van der Waals surface area contributed by atoms with Gasteiger partial charge in [0.25, 0.3) is 5.91 Å². The average Bonchev–Trinajstić information content (AvgIpc) is 3.17. The van der Waals surface area contributed by atoms with Crippen LogP contribution in [0.15, 0.2) is 48.5 Å². The van der Waals surface area contributed by atoms with Crippen LogP contribution in [0.3, 0.4) is 0 Å². The average molecular weight is 394 g/mol. The summed E-state index contributed by atoms with van der Waals surface area (Å²) in [6.45, 7) is 2.38. The third-order valence-electron chi connectivity index (χ3n) is 4.61. The molecule has 0 aliphatic carbocycles. The molecular formula is C22H26N4O3. The number of aryl methyl sites for hydroxylation is 1. The quantitative estimate of drug-likeness (QED) is 0.593. The largest absolute Gasteiger partial charge is 0.497 e. The highest BCUT2D eigenvalue weighted by Gasteiger charge is 2.21. The van der Waals surface area contributed by atoms with E-state index in [1.54, 1.807) is 18.9 Å². The van der Waals surface area contributed by atoms with Gasteiger partial charge in [-0.05, 0) is 54.8 Å². The van der Waals surface area contributed by atoms with E-state index < -0.39 is 0 Å². The van der Waals surface area contributed by atoms with Gasteiger partial charge in [-0.3, -0.25) is 4.79 Å². The molecule has 0 saturated carbocycles. The third kappa shape index (κ3) is 5.00. The van der Waals surface area contributed by atoms with E-state index in [2.05, 4.69) is 22.6 Å². The number of anilines is 1. The van der Waals surface area contributed by atoms with Crippen molar-refractivity contribution < 1.29 is 14.3 Å². The van der Waals surface area contributed by atoms with Gasteiger partial charge in [0, 0.05) is 12.8 Å². The van der Waals surface area contributed by atoms with E-state index in [0.29, 0.717) is 5.69 Å². The van der Waals surface area contributed by atoms with E-state index in [0.717, 1.165) is 36.4 Å². The van der Waals surface area contributed by atoms with Crippen molar-refractivity contribution >= 4 is 11.6 Å². The zero-order valence-corrected chi connectivity index (χ0v) is 17.0. The van der Waals surface area contributed by atoms with Gasteiger partial charge in [0.15, 0.2) is 5.69 Å². The first-order valence-corrected chi connectivity index (χ1v) is 9.64. The first kappa shape index (κ1) is 20.5. The molecule has 3 aromatic rings. The number of hydrogen-bond acceptors (Lipinski definition) is 5. The van der Waals surface area contributed by atoms with Crippen LogP contribution in [0.5, 0.6) is 5.75 Å². The van der Waals surface area contributed by atoms with Crippen LogP contribution in [-0.2, 0) is 17.8 Å². The first-order valence-electron chi connectivity index (χ1n) is 9.64. The maximum absolute atomic E-state index is 12.8. The van der Waals surface area contributed by atoms with Gasteiger partial charge in [-0.2, -0.15) is 0 Å². The van der Waals surface area contributed by atoms with Crippen molar-refractivity contribution in [2.24, 2.45) is 0 Å². The number of hydrogen-bond donors (Lipinski definition) is 1. The summed E-state index contributed by atoms with van der Waals surface area (Å²) in [7, 11) is 3.18. The molecule has 1 heterocycles. The second-order valence-electron chi connectivity index (χ2n) is 6.68. The van der Waals surface area contributed by atoms with Gasteiger partial charge in [-0.15, -0.1) is 5.10 Å². The lowest BCUT2D eigenvalue weighted by Crippen LogP contribution is -2.16. The Hall–Kier alpha value is -3.19. The summed E-state index contributed by atoms with van der Waals surface area (Å²) in [6.07, 6.45) is 3.35. The minimum absolute atomic E-state index is 0.206. The number of unbranched alkanes of at least 4 members (excludes halogenated alkanes) is 1. The number of amides is 1. The number of methoxy groups -OCH3 is 2. The Bertz CT molecular complexity index is 934. The van der Waals surface area contributed by atoms with Crippen LogP contribution >= 0.6 is 0 Å². The number of nitrogens with one attached hydrogen (secondary N) is 1. The van der Waals surface area contributed by atoms with Crippen LogP contribution in [0.4, 0.5) is 5.69 Å². The smallest absolute Gasteiger partial charge is 0.278 e. The van der Waals surface area contributed by atoms with E-state index in [4.69, 9.17) is 9.47 Å². The number of carbonyl (C=O) groups is 1. The number of carbonyl (C=O) groups excluding carboxylic acids is 1. The molecule has 29 heavy (non-hydrogen) atoms. The fraction of sp³-hybridized carbons (Fsp3) is 0.318. The summed E-state index contributed by atoms with van der Waals surface area (Å²) in [5.41, 5.74) is 3.56. The second kappa shape index (κ2) is 9.84. The summed E-state index contributed by atoms with van der Waals surface area (Å²) in [5.74, 6) is 0.417. The molecule has 2 aromatic carbocycles. The summed E-state index contributed by atoms with van der Waals surface area (Å²) in [4.78, 5) is 12.8. The van der Waals surface area contributed by atoms with Crippen LogP contribution in [0, 0.1) is 0 Å². The minimum atomic E-state index is -0.321. The number of aromatic nitrogens is 3. The predicted molar refractivity (Wildman–Crippen MR) is 112 cm³/mol. The summed E-state index contributed by atoms with van der Waals surface area (Å²) in [6, 6.07) is 15.2.